The Morgan fingerprint density at radius 3 is 2.94 bits per heavy atom. The molecule has 0 saturated heterocycles. The summed E-state index contributed by atoms with van der Waals surface area (Å²) >= 11 is 1.47. The number of fused-ring (bicyclic) bond motifs is 1. The summed E-state index contributed by atoms with van der Waals surface area (Å²) in [6, 6.07) is 3.82. The molecule has 0 aliphatic heterocycles. The molecule has 1 atom stereocenters. The van der Waals surface area contributed by atoms with Gasteiger partial charge >= 0.3 is 12.0 Å². The molecule has 0 saturated carbocycles. The van der Waals surface area contributed by atoms with Crippen molar-refractivity contribution in [2.45, 2.75) is 13.0 Å². The zero-order valence-corrected chi connectivity index (χ0v) is 10.3. The first-order chi connectivity index (χ1) is 8.56. The number of anilines is 1. The summed E-state index contributed by atoms with van der Waals surface area (Å²) in [5.74, 6) is -1.08. The lowest BCUT2D eigenvalue weighted by Crippen LogP contribution is -2.40. The highest BCUT2D eigenvalue weighted by atomic mass is 32.1. The summed E-state index contributed by atoms with van der Waals surface area (Å²) in [4.78, 5) is 26.2. The maximum absolute atomic E-state index is 11.5. The van der Waals surface area contributed by atoms with E-state index >= 15 is 0 Å². The van der Waals surface area contributed by atoms with Crippen LogP contribution in [-0.4, -0.2) is 28.1 Å². The van der Waals surface area contributed by atoms with Crippen molar-refractivity contribution in [1.82, 2.24) is 10.3 Å². The topological polar surface area (TPSA) is 91.3 Å². The number of aromatic nitrogens is 1. The van der Waals surface area contributed by atoms with Gasteiger partial charge in [0.25, 0.3) is 0 Å². The van der Waals surface area contributed by atoms with Gasteiger partial charge in [-0.15, -0.1) is 11.3 Å². The number of benzene rings is 1. The summed E-state index contributed by atoms with van der Waals surface area (Å²) in [7, 11) is 0. The summed E-state index contributed by atoms with van der Waals surface area (Å²) < 4.78 is 0.957. The Balaban J connectivity index is 2.04. The first kappa shape index (κ1) is 12.3. The number of hydrogen-bond donors (Lipinski definition) is 3. The summed E-state index contributed by atoms with van der Waals surface area (Å²) in [5, 5.41) is 13.5. The largest absolute Gasteiger partial charge is 0.480 e. The molecule has 6 nitrogen and oxygen atoms in total. The molecule has 0 aliphatic rings. The average Bonchev–Trinajstić information content (AvgIpc) is 2.75. The van der Waals surface area contributed by atoms with Crippen LogP contribution >= 0.6 is 11.3 Å². The number of nitrogens with one attached hydrogen (secondary N) is 2. The summed E-state index contributed by atoms with van der Waals surface area (Å²) in [6.07, 6.45) is 0. The number of carbonyl (C=O) groups excluding carboxylic acids is 1. The molecule has 2 rings (SSSR count). The molecule has 18 heavy (non-hydrogen) atoms. The van der Waals surface area contributed by atoms with Crippen LogP contribution in [0.15, 0.2) is 23.7 Å². The number of amides is 2. The number of rotatable bonds is 3. The fourth-order valence-electron chi connectivity index (χ4n) is 1.36. The predicted molar refractivity (Wildman–Crippen MR) is 68.9 cm³/mol. The monoisotopic (exact) mass is 265 g/mol. The molecule has 0 aliphatic carbocycles. The first-order valence-electron chi connectivity index (χ1n) is 5.20. The number of aliphatic carboxylic acids is 1. The highest BCUT2D eigenvalue weighted by Crippen LogP contribution is 2.21. The van der Waals surface area contributed by atoms with E-state index in [1.807, 2.05) is 0 Å². The molecule has 0 spiro atoms. The van der Waals surface area contributed by atoms with Gasteiger partial charge in [-0.2, -0.15) is 0 Å². The zero-order chi connectivity index (χ0) is 13.1. The van der Waals surface area contributed by atoms with E-state index in [1.165, 1.54) is 18.3 Å². The second kappa shape index (κ2) is 5.01. The van der Waals surface area contributed by atoms with Crippen molar-refractivity contribution in [3.05, 3.63) is 23.7 Å². The third-order valence-corrected chi connectivity index (χ3v) is 3.10. The van der Waals surface area contributed by atoms with Crippen molar-refractivity contribution in [2.24, 2.45) is 0 Å². The molecule has 7 heteroatoms. The number of thiazole rings is 1. The lowest BCUT2D eigenvalue weighted by molar-refractivity contribution is -0.138. The maximum atomic E-state index is 11.5. The van der Waals surface area contributed by atoms with Gasteiger partial charge in [-0.1, -0.05) is 0 Å². The van der Waals surface area contributed by atoms with Crippen molar-refractivity contribution < 1.29 is 14.7 Å². The molecule has 0 bridgehead atoms. The maximum Gasteiger partial charge on any atom is 0.325 e. The second-order valence-electron chi connectivity index (χ2n) is 3.69. The van der Waals surface area contributed by atoms with Gasteiger partial charge in [-0.05, 0) is 25.1 Å². The Labute approximate surface area is 107 Å². The van der Waals surface area contributed by atoms with Crippen LogP contribution in [0, 0.1) is 0 Å². The van der Waals surface area contributed by atoms with E-state index in [0.29, 0.717) is 5.69 Å². The summed E-state index contributed by atoms with van der Waals surface area (Å²) in [5.41, 5.74) is 3.19. The number of urea groups is 1. The number of hydrogen-bond acceptors (Lipinski definition) is 4. The minimum Gasteiger partial charge on any atom is -0.480 e. The van der Waals surface area contributed by atoms with Crippen LogP contribution in [0.3, 0.4) is 0 Å². The molecule has 1 aromatic heterocycles. The number of carboxylic acids is 1. The van der Waals surface area contributed by atoms with Gasteiger partial charge in [0.15, 0.2) is 0 Å². The van der Waals surface area contributed by atoms with Crippen molar-refractivity contribution >= 4 is 39.2 Å². The van der Waals surface area contributed by atoms with E-state index in [9.17, 15) is 9.59 Å². The molecule has 2 amide bonds. The SMILES string of the molecule is CC(NC(=O)Nc1ccc2ncsc2c1)C(=O)O. The molecule has 94 valence electrons. The van der Waals surface area contributed by atoms with Gasteiger partial charge in [0.2, 0.25) is 0 Å². The van der Waals surface area contributed by atoms with Gasteiger partial charge in [-0.3, -0.25) is 4.79 Å². The van der Waals surface area contributed by atoms with Crippen LogP contribution in [0.4, 0.5) is 10.5 Å². The molecule has 2 aromatic rings. The zero-order valence-electron chi connectivity index (χ0n) is 9.51. The standard InChI is InChI=1S/C11H11N3O3S/c1-6(10(15)16)13-11(17)14-7-2-3-8-9(4-7)18-5-12-8/h2-6H,1H3,(H,15,16)(H2,13,14,17). The number of nitrogens with zero attached hydrogens (tertiary/aromatic N) is 1. The minimum absolute atomic E-state index is 0.547. The predicted octanol–water partition coefficient (Wildman–Crippen LogP) is 1.89. The van der Waals surface area contributed by atoms with Gasteiger partial charge in [0, 0.05) is 5.69 Å². The average molecular weight is 265 g/mol. The molecule has 0 radical (unpaired) electrons. The Hall–Kier alpha value is -2.15. The van der Waals surface area contributed by atoms with Crippen molar-refractivity contribution in [2.75, 3.05) is 5.32 Å². The van der Waals surface area contributed by atoms with Gasteiger partial charge < -0.3 is 15.7 Å². The lowest BCUT2D eigenvalue weighted by Gasteiger charge is -2.10. The van der Waals surface area contributed by atoms with E-state index in [-0.39, 0.29) is 0 Å². The Morgan fingerprint density at radius 1 is 1.44 bits per heavy atom. The molecule has 3 N–H and O–H groups in total. The van der Waals surface area contributed by atoms with Crippen LogP contribution in [0.25, 0.3) is 10.2 Å². The number of carboxylic acid groups (broad SMARTS) is 1. The first-order valence-corrected chi connectivity index (χ1v) is 6.08. The second-order valence-corrected chi connectivity index (χ2v) is 4.58. The lowest BCUT2D eigenvalue weighted by atomic mass is 10.3. The fraction of sp³-hybridized carbons (Fsp3) is 0.182. The normalized spacial score (nSPS) is 12.1. The quantitative estimate of drug-likeness (QED) is 0.790. The molecule has 1 unspecified atom stereocenters. The van der Waals surface area contributed by atoms with Gasteiger partial charge in [-0.25, -0.2) is 9.78 Å². The Bertz CT molecular complexity index is 596. The molecule has 1 aromatic carbocycles. The molecule has 1 heterocycles. The van der Waals surface area contributed by atoms with Gasteiger partial charge in [0.1, 0.15) is 6.04 Å². The van der Waals surface area contributed by atoms with Crippen LogP contribution in [0.2, 0.25) is 0 Å². The Kier molecular flexibility index (Phi) is 3.42. The van der Waals surface area contributed by atoms with E-state index in [0.717, 1.165) is 10.2 Å². The third kappa shape index (κ3) is 2.75. The van der Waals surface area contributed by atoms with Gasteiger partial charge in [0.05, 0.1) is 15.7 Å². The Morgan fingerprint density at radius 2 is 2.22 bits per heavy atom. The highest BCUT2D eigenvalue weighted by Gasteiger charge is 2.13. The van der Waals surface area contributed by atoms with E-state index in [2.05, 4.69) is 15.6 Å². The van der Waals surface area contributed by atoms with E-state index in [1.54, 1.807) is 23.7 Å². The fourth-order valence-corrected chi connectivity index (χ4v) is 2.07. The van der Waals surface area contributed by atoms with E-state index in [4.69, 9.17) is 5.11 Å². The van der Waals surface area contributed by atoms with Crippen LogP contribution in [-0.2, 0) is 4.79 Å². The summed E-state index contributed by atoms with van der Waals surface area (Å²) in [6.45, 7) is 1.40. The minimum atomic E-state index is -1.08. The van der Waals surface area contributed by atoms with Crippen LogP contribution < -0.4 is 10.6 Å². The molecular formula is C11H11N3O3S. The highest BCUT2D eigenvalue weighted by molar-refractivity contribution is 7.16. The number of carbonyl (C=O) groups is 2. The molecular weight excluding hydrogens is 254 g/mol. The molecule has 0 fully saturated rings. The third-order valence-electron chi connectivity index (χ3n) is 2.31. The van der Waals surface area contributed by atoms with Crippen molar-refractivity contribution in [3.8, 4) is 0 Å². The van der Waals surface area contributed by atoms with E-state index < -0.39 is 18.0 Å². The smallest absolute Gasteiger partial charge is 0.325 e. The van der Waals surface area contributed by atoms with Crippen LogP contribution in [0.1, 0.15) is 6.92 Å². The van der Waals surface area contributed by atoms with Crippen LogP contribution in [0.5, 0.6) is 0 Å². The van der Waals surface area contributed by atoms with Crippen molar-refractivity contribution in [1.29, 1.82) is 0 Å². The van der Waals surface area contributed by atoms with Crippen molar-refractivity contribution in [3.63, 3.8) is 0 Å².